The van der Waals surface area contributed by atoms with Crippen LogP contribution in [0.1, 0.15) is 5.56 Å². The molecule has 10 heteroatoms. The van der Waals surface area contributed by atoms with Crippen molar-refractivity contribution in [2.75, 3.05) is 27.1 Å². The molecule has 0 bridgehead atoms. The van der Waals surface area contributed by atoms with Gasteiger partial charge in [-0.25, -0.2) is 0 Å². The van der Waals surface area contributed by atoms with E-state index >= 15 is 0 Å². The summed E-state index contributed by atoms with van der Waals surface area (Å²) < 4.78 is 23.1. The summed E-state index contributed by atoms with van der Waals surface area (Å²) in [6, 6.07) is 7.10. The SMILES string of the molecule is COc1cc(OC)c(OC)cc1CNC(=O)CSc1nnc(-c2ccco2)n1C. The Balaban J connectivity index is 1.60. The lowest BCUT2D eigenvalue weighted by Gasteiger charge is -2.14. The Bertz CT molecular complexity index is 971. The number of carbonyl (C=O) groups excluding carboxylic acids is 1. The van der Waals surface area contributed by atoms with Crippen LogP contribution in [0.25, 0.3) is 11.6 Å². The first kappa shape index (κ1) is 20.6. The van der Waals surface area contributed by atoms with Crippen LogP contribution in [0, 0.1) is 0 Å². The maximum absolute atomic E-state index is 12.3. The molecule has 0 unspecified atom stereocenters. The van der Waals surface area contributed by atoms with E-state index in [0.717, 1.165) is 5.56 Å². The average molecular weight is 418 g/mol. The third-order valence-electron chi connectivity index (χ3n) is 4.17. The van der Waals surface area contributed by atoms with E-state index in [1.54, 1.807) is 50.4 Å². The van der Waals surface area contributed by atoms with E-state index < -0.39 is 0 Å². The molecular weight excluding hydrogens is 396 g/mol. The summed E-state index contributed by atoms with van der Waals surface area (Å²) in [6.07, 6.45) is 1.58. The Morgan fingerprint density at radius 2 is 1.86 bits per heavy atom. The second kappa shape index (κ2) is 9.37. The molecule has 0 radical (unpaired) electrons. The maximum Gasteiger partial charge on any atom is 0.230 e. The minimum Gasteiger partial charge on any atom is -0.496 e. The van der Waals surface area contributed by atoms with Crippen molar-refractivity contribution in [1.29, 1.82) is 0 Å². The van der Waals surface area contributed by atoms with Crippen LogP contribution in [-0.2, 0) is 18.4 Å². The minimum absolute atomic E-state index is 0.144. The molecule has 0 saturated heterocycles. The number of rotatable bonds is 9. The van der Waals surface area contributed by atoms with Gasteiger partial charge in [-0.2, -0.15) is 0 Å². The lowest BCUT2D eigenvalue weighted by atomic mass is 10.1. The number of benzene rings is 1. The molecule has 29 heavy (non-hydrogen) atoms. The monoisotopic (exact) mass is 418 g/mol. The Labute approximate surface area is 172 Å². The summed E-state index contributed by atoms with van der Waals surface area (Å²) in [7, 11) is 6.50. The molecule has 154 valence electrons. The van der Waals surface area contributed by atoms with Crippen molar-refractivity contribution < 1.29 is 23.4 Å². The van der Waals surface area contributed by atoms with Crippen molar-refractivity contribution in [1.82, 2.24) is 20.1 Å². The van der Waals surface area contributed by atoms with Gasteiger partial charge in [-0.3, -0.25) is 4.79 Å². The Kier molecular flexibility index (Phi) is 6.65. The van der Waals surface area contributed by atoms with E-state index in [9.17, 15) is 4.79 Å². The van der Waals surface area contributed by atoms with Crippen molar-refractivity contribution in [2.45, 2.75) is 11.7 Å². The molecule has 2 heterocycles. The van der Waals surface area contributed by atoms with E-state index in [4.69, 9.17) is 18.6 Å². The summed E-state index contributed by atoms with van der Waals surface area (Å²) >= 11 is 1.29. The fraction of sp³-hybridized carbons (Fsp3) is 0.316. The summed E-state index contributed by atoms with van der Waals surface area (Å²) in [5.41, 5.74) is 0.780. The summed E-state index contributed by atoms with van der Waals surface area (Å²) in [5.74, 6) is 3.01. The smallest absolute Gasteiger partial charge is 0.230 e. The molecule has 0 aliphatic carbocycles. The summed E-state index contributed by atoms with van der Waals surface area (Å²) in [4.78, 5) is 12.3. The Morgan fingerprint density at radius 3 is 2.52 bits per heavy atom. The molecule has 3 rings (SSSR count). The number of amides is 1. The highest BCUT2D eigenvalue weighted by Gasteiger charge is 2.16. The molecule has 1 amide bonds. The van der Waals surface area contributed by atoms with Gasteiger partial charge in [-0.1, -0.05) is 11.8 Å². The van der Waals surface area contributed by atoms with Gasteiger partial charge in [-0.05, 0) is 18.2 Å². The number of aromatic nitrogens is 3. The highest BCUT2D eigenvalue weighted by molar-refractivity contribution is 7.99. The quantitative estimate of drug-likeness (QED) is 0.529. The highest BCUT2D eigenvalue weighted by atomic mass is 32.2. The molecule has 3 aromatic rings. The van der Waals surface area contributed by atoms with Crippen molar-refractivity contribution in [3.05, 3.63) is 36.1 Å². The first-order chi connectivity index (χ1) is 14.1. The number of nitrogens with zero attached hydrogens (tertiary/aromatic N) is 3. The lowest BCUT2D eigenvalue weighted by Crippen LogP contribution is -2.25. The number of carbonyl (C=O) groups is 1. The van der Waals surface area contributed by atoms with E-state index in [1.165, 1.54) is 11.8 Å². The molecule has 2 aromatic heterocycles. The number of nitrogens with one attached hydrogen (secondary N) is 1. The van der Waals surface area contributed by atoms with Crippen LogP contribution in [0.15, 0.2) is 40.1 Å². The molecule has 1 N–H and O–H groups in total. The third-order valence-corrected chi connectivity index (χ3v) is 5.19. The molecule has 0 spiro atoms. The van der Waals surface area contributed by atoms with Crippen LogP contribution in [0.3, 0.4) is 0 Å². The summed E-state index contributed by atoms with van der Waals surface area (Å²) in [6.45, 7) is 0.291. The zero-order valence-corrected chi connectivity index (χ0v) is 17.4. The Morgan fingerprint density at radius 1 is 1.14 bits per heavy atom. The molecule has 0 atom stereocenters. The molecular formula is C19H22N4O5S. The van der Waals surface area contributed by atoms with Gasteiger partial charge in [0, 0.05) is 25.2 Å². The van der Waals surface area contributed by atoms with Crippen LogP contribution in [0.5, 0.6) is 17.2 Å². The van der Waals surface area contributed by atoms with Crippen molar-refractivity contribution in [2.24, 2.45) is 7.05 Å². The topological polar surface area (TPSA) is 101 Å². The van der Waals surface area contributed by atoms with E-state index in [0.29, 0.717) is 40.5 Å². The van der Waals surface area contributed by atoms with Crippen molar-refractivity contribution >= 4 is 17.7 Å². The molecule has 0 aliphatic heterocycles. The van der Waals surface area contributed by atoms with Crippen molar-refractivity contribution in [3.8, 4) is 28.8 Å². The van der Waals surface area contributed by atoms with Gasteiger partial charge in [0.2, 0.25) is 5.91 Å². The number of thioether (sulfide) groups is 1. The van der Waals surface area contributed by atoms with Gasteiger partial charge in [0.15, 0.2) is 28.2 Å². The van der Waals surface area contributed by atoms with E-state index in [1.807, 2.05) is 13.1 Å². The maximum atomic E-state index is 12.3. The van der Waals surface area contributed by atoms with Gasteiger partial charge in [-0.15, -0.1) is 10.2 Å². The largest absolute Gasteiger partial charge is 0.496 e. The zero-order valence-electron chi connectivity index (χ0n) is 16.6. The Hall–Kier alpha value is -3.14. The van der Waals surface area contributed by atoms with Crippen LogP contribution in [0.2, 0.25) is 0 Å². The van der Waals surface area contributed by atoms with Gasteiger partial charge in [0.25, 0.3) is 0 Å². The average Bonchev–Trinajstić information content (AvgIpc) is 3.39. The van der Waals surface area contributed by atoms with Crippen LogP contribution in [0.4, 0.5) is 0 Å². The number of methoxy groups -OCH3 is 3. The molecule has 0 aliphatic rings. The third kappa shape index (κ3) is 4.65. The number of ether oxygens (including phenoxy) is 3. The second-order valence-corrected chi connectivity index (χ2v) is 6.87. The predicted octanol–water partition coefficient (Wildman–Crippen LogP) is 2.51. The molecule has 0 fully saturated rings. The standard InChI is InChI=1S/C19H22N4O5S/c1-23-18(13-6-5-7-28-13)21-22-19(23)29-11-17(24)20-10-12-8-15(26-3)16(27-4)9-14(12)25-2/h5-9H,10-11H2,1-4H3,(H,20,24). The van der Waals surface area contributed by atoms with Crippen LogP contribution >= 0.6 is 11.8 Å². The van der Waals surface area contributed by atoms with Crippen molar-refractivity contribution in [3.63, 3.8) is 0 Å². The highest BCUT2D eigenvalue weighted by Crippen LogP contribution is 2.34. The van der Waals surface area contributed by atoms with E-state index in [2.05, 4.69) is 15.5 Å². The summed E-state index contributed by atoms with van der Waals surface area (Å²) in [5, 5.41) is 11.7. The number of hydrogen-bond acceptors (Lipinski definition) is 8. The first-order valence-corrected chi connectivity index (χ1v) is 9.67. The molecule has 1 aromatic carbocycles. The van der Waals surface area contributed by atoms with Crippen LogP contribution < -0.4 is 19.5 Å². The predicted molar refractivity (Wildman–Crippen MR) is 107 cm³/mol. The van der Waals surface area contributed by atoms with Crippen LogP contribution in [-0.4, -0.2) is 47.8 Å². The lowest BCUT2D eigenvalue weighted by molar-refractivity contribution is -0.118. The second-order valence-electron chi connectivity index (χ2n) is 5.93. The fourth-order valence-corrected chi connectivity index (χ4v) is 3.41. The van der Waals surface area contributed by atoms with E-state index in [-0.39, 0.29) is 11.7 Å². The number of hydrogen-bond donors (Lipinski definition) is 1. The number of furan rings is 1. The molecule has 9 nitrogen and oxygen atoms in total. The first-order valence-electron chi connectivity index (χ1n) is 8.69. The zero-order chi connectivity index (χ0) is 20.8. The molecule has 0 saturated carbocycles. The normalized spacial score (nSPS) is 10.6. The van der Waals surface area contributed by atoms with Gasteiger partial charge >= 0.3 is 0 Å². The van der Waals surface area contributed by atoms with Gasteiger partial charge in [0.05, 0.1) is 33.3 Å². The van der Waals surface area contributed by atoms with Gasteiger partial charge in [0.1, 0.15) is 5.75 Å². The van der Waals surface area contributed by atoms with Gasteiger partial charge < -0.3 is 28.5 Å². The fourth-order valence-electron chi connectivity index (χ4n) is 2.67. The minimum atomic E-state index is -0.144.